The highest BCUT2D eigenvalue weighted by Gasteiger charge is 2.28. The monoisotopic (exact) mass is 268 g/mol. The Balaban J connectivity index is 2.06. The fourth-order valence-corrected chi connectivity index (χ4v) is 2.14. The maximum atomic E-state index is 11.6. The van der Waals surface area contributed by atoms with Gasteiger partial charge in [-0.05, 0) is 24.6 Å². The van der Waals surface area contributed by atoms with E-state index < -0.39 is 0 Å². The van der Waals surface area contributed by atoms with Crippen LogP contribution >= 0.6 is 15.9 Å². The summed E-state index contributed by atoms with van der Waals surface area (Å²) in [5, 5.41) is 3.24. The van der Waals surface area contributed by atoms with Gasteiger partial charge in [0.15, 0.2) is 0 Å². The summed E-state index contributed by atoms with van der Waals surface area (Å²) in [6.07, 6.45) is 0.877. The number of amides is 1. The third-order valence-electron chi connectivity index (χ3n) is 2.59. The number of nitrogens with one attached hydrogen (secondary N) is 1. The normalized spacial score (nSPS) is 20.8. The molecule has 0 saturated carbocycles. The van der Waals surface area contributed by atoms with Crippen molar-refractivity contribution in [3.8, 4) is 0 Å². The van der Waals surface area contributed by atoms with Crippen molar-refractivity contribution in [3.05, 3.63) is 28.7 Å². The minimum absolute atomic E-state index is 0.0655. The zero-order valence-electron chi connectivity index (χ0n) is 8.53. The number of likely N-dealkylation sites (tertiary alicyclic amines) is 1. The molecule has 0 aromatic heterocycles. The number of nitrogens with zero attached hydrogens (tertiary/aromatic N) is 1. The van der Waals surface area contributed by atoms with Crippen LogP contribution in [0.4, 0.5) is 5.69 Å². The van der Waals surface area contributed by atoms with Crippen LogP contribution < -0.4 is 5.32 Å². The van der Waals surface area contributed by atoms with E-state index in [1.54, 1.807) is 4.90 Å². The van der Waals surface area contributed by atoms with Gasteiger partial charge in [0.25, 0.3) is 0 Å². The molecular formula is C11H13BrN2O. The third kappa shape index (κ3) is 2.31. The van der Waals surface area contributed by atoms with Crippen molar-refractivity contribution in [1.82, 2.24) is 4.90 Å². The van der Waals surface area contributed by atoms with E-state index in [0.29, 0.717) is 0 Å². The van der Waals surface area contributed by atoms with Crippen LogP contribution in [0, 0.1) is 0 Å². The van der Waals surface area contributed by atoms with Gasteiger partial charge in [-0.1, -0.05) is 22.0 Å². The molecule has 1 heterocycles. The fraction of sp³-hybridized carbons (Fsp3) is 0.364. The molecule has 1 aliphatic rings. The molecule has 1 amide bonds. The number of rotatable bonds is 2. The van der Waals surface area contributed by atoms with Gasteiger partial charge in [0, 0.05) is 23.8 Å². The predicted molar refractivity (Wildman–Crippen MR) is 63.8 cm³/mol. The van der Waals surface area contributed by atoms with Crippen LogP contribution in [-0.2, 0) is 4.79 Å². The summed E-state index contributed by atoms with van der Waals surface area (Å²) in [5.41, 5.74) is 0.984. The van der Waals surface area contributed by atoms with Gasteiger partial charge < -0.3 is 10.2 Å². The summed E-state index contributed by atoms with van der Waals surface area (Å²) < 4.78 is 1.02. The lowest BCUT2D eigenvalue weighted by Crippen LogP contribution is -2.30. The van der Waals surface area contributed by atoms with Gasteiger partial charge in [0.05, 0.1) is 0 Å². The van der Waals surface area contributed by atoms with Crippen molar-refractivity contribution in [2.75, 3.05) is 18.9 Å². The molecule has 1 atom stereocenters. The lowest BCUT2D eigenvalue weighted by Gasteiger charge is -2.13. The van der Waals surface area contributed by atoms with Crippen LogP contribution in [0.5, 0.6) is 0 Å². The zero-order chi connectivity index (χ0) is 10.8. The number of likely N-dealkylation sites (N-methyl/N-ethyl adjacent to an activating group) is 1. The van der Waals surface area contributed by atoms with Crippen molar-refractivity contribution in [1.29, 1.82) is 0 Å². The van der Waals surface area contributed by atoms with Gasteiger partial charge in [0.1, 0.15) is 6.04 Å². The largest absolute Gasteiger partial charge is 0.374 e. The molecular weight excluding hydrogens is 256 g/mol. The van der Waals surface area contributed by atoms with Gasteiger partial charge in [0.2, 0.25) is 5.91 Å². The Morgan fingerprint density at radius 3 is 2.93 bits per heavy atom. The Bertz CT molecular complexity index is 381. The van der Waals surface area contributed by atoms with E-state index in [1.165, 1.54) is 0 Å². The van der Waals surface area contributed by atoms with Crippen molar-refractivity contribution in [2.24, 2.45) is 0 Å². The fourth-order valence-electron chi connectivity index (χ4n) is 1.74. The predicted octanol–water partition coefficient (Wildman–Crippen LogP) is 2.09. The van der Waals surface area contributed by atoms with Gasteiger partial charge in [-0.3, -0.25) is 4.79 Å². The van der Waals surface area contributed by atoms with Crippen LogP contribution in [0.25, 0.3) is 0 Å². The summed E-state index contributed by atoms with van der Waals surface area (Å²) in [5.74, 6) is 0.176. The molecule has 1 aromatic carbocycles. The molecule has 3 nitrogen and oxygen atoms in total. The molecule has 1 N–H and O–H groups in total. The van der Waals surface area contributed by atoms with E-state index in [9.17, 15) is 4.79 Å². The number of hydrogen-bond donors (Lipinski definition) is 1. The highest BCUT2D eigenvalue weighted by molar-refractivity contribution is 9.10. The maximum absolute atomic E-state index is 11.6. The molecule has 80 valence electrons. The van der Waals surface area contributed by atoms with E-state index in [-0.39, 0.29) is 11.9 Å². The first kappa shape index (κ1) is 10.5. The Morgan fingerprint density at radius 2 is 2.33 bits per heavy atom. The van der Waals surface area contributed by atoms with Crippen LogP contribution in [0.3, 0.4) is 0 Å². The second kappa shape index (κ2) is 4.23. The molecule has 15 heavy (non-hydrogen) atoms. The number of hydrogen-bond acceptors (Lipinski definition) is 2. The molecule has 1 unspecified atom stereocenters. The van der Waals surface area contributed by atoms with Crippen molar-refractivity contribution >= 4 is 27.5 Å². The average Bonchev–Trinajstić information content (AvgIpc) is 2.50. The maximum Gasteiger partial charge on any atom is 0.244 e. The second-order valence-electron chi connectivity index (χ2n) is 3.76. The van der Waals surface area contributed by atoms with Crippen molar-refractivity contribution in [3.63, 3.8) is 0 Å². The van der Waals surface area contributed by atoms with Crippen LogP contribution in [0.2, 0.25) is 0 Å². The van der Waals surface area contributed by atoms with E-state index in [1.807, 2.05) is 31.3 Å². The van der Waals surface area contributed by atoms with E-state index >= 15 is 0 Å². The number of carbonyl (C=O) groups excluding carboxylic acids is 1. The first-order valence-electron chi connectivity index (χ1n) is 4.94. The minimum Gasteiger partial charge on any atom is -0.374 e. The van der Waals surface area contributed by atoms with Crippen molar-refractivity contribution in [2.45, 2.75) is 12.5 Å². The lowest BCUT2D eigenvalue weighted by atomic mass is 10.2. The van der Waals surface area contributed by atoms with Gasteiger partial charge in [-0.25, -0.2) is 0 Å². The summed E-state index contributed by atoms with van der Waals surface area (Å²) in [4.78, 5) is 13.4. The van der Waals surface area contributed by atoms with Gasteiger partial charge in [-0.2, -0.15) is 0 Å². The number of halogens is 1. The topological polar surface area (TPSA) is 32.3 Å². The van der Waals surface area contributed by atoms with Crippen molar-refractivity contribution < 1.29 is 4.79 Å². The summed E-state index contributed by atoms with van der Waals surface area (Å²) in [7, 11) is 1.84. The summed E-state index contributed by atoms with van der Waals surface area (Å²) in [6.45, 7) is 0.838. The molecule has 0 radical (unpaired) electrons. The Labute approximate surface area is 97.6 Å². The smallest absolute Gasteiger partial charge is 0.244 e. The first-order chi connectivity index (χ1) is 7.16. The molecule has 1 fully saturated rings. The van der Waals surface area contributed by atoms with Crippen LogP contribution in [0.15, 0.2) is 28.7 Å². The average molecular weight is 269 g/mol. The summed E-state index contributed by atoms with van der Waals surface area (Å²) >= 11 is 3.40. The first-order valence-corrected chi connectivity index (χ1v) is 5.73. The highest BCUT2D eigenvalue weighted by atomic mass is 79.9. The standard InChI is InChI=1S/C11H13BrN2O/c1-14-6-5-10(11(14)15)13-9-4-2-3-8(12)7-9/h2-4,7,10,13H,5-6H2,1H3. The molecule has 1 aromatic rings. The molecule has 0 spiro atoms. The number of benzene rings is 1. The third-order valence-corrected chi connectivity index (χ3v) is 3.09. The number of anilines is 1. The number of carbonyl (C=O) groups is 1. The quantitative estimate of drug-likeness (QED) is 0.891. The Kier molecular flexibility index (Phi) is 2.95. The molecule has 2 rings (SSSR count). The SMILES string of the molecule is CN1CCC(Nc2cccc(Br)c2)C1=O. The van der Waals surface area contributed by atoms with Gasteiger partial charge >= 0.3 is 0 Å². The van der Waals surface area contributed by atoms with Crippen LogP contribution in [0.1, 0.15) is 6.42 Å². The van der Waals surface area contributed by atoms with E-state index in [0.717, 1.165) is 23.1 Å². The molecule has 1 saturated heterocycles. The zero-order valence-corrected chi connectivity index (χ0v) is 10.1. The highest BCUT2D eigenvalue weighted by Crippen LogP contribution is 2.19. The Morgan fingerprint density at radius 1 is 1.53 bits per heavy atom. The minimum atomic E-state index is -0.0655. The van der Waals surface area contributed by atoms with E-state index in [2.05, 4.69) is 21.2 Å². The van der Waals surface area contributed by atoms with Gasteiger partial charge in [-0.15, -0.1) is 0 Å². The van der Waals surface area contributed by atoms with E-state index in [4.69, 9.17) is 0 Å². The lowest BCUT2D eigenvalue weighted by molar-refractivity contribution is -0.127. The molecule has 0 bridgehead atoms. The molecule has 0 aliphatic carbocycles. The second-order valence-corrected chi connectivity index (χ2v) is 4.67. The molecule has 4 heteroatoms. The molecule has 1 aliphatic heterocycles. The Hall–Kier alpha value is -1.03. The summed E-state index contributed by atoms with van der Waals surface area (Å²) in [6, 6.07) is 7.80. The van der Waals surface area contributed by atoms with Crippen LogP contribution in [-0.4, -0.2) is 30.4 Å².